The molecule has 1 saturated carbocycles. The first-order valence-corrected chi connectivity index (χ1v) is 12.7. The van der Waals surface area contributed by atoms with Crippen LogP contribution in [-0.4, -0.2) is 40.4 Å². The zero-order chi connectivity index (χ0) is 26.2. The van der Waals surface area contributed by atoms with E-state index in [9.17, 15) is 14.4 Å². The smallest absolute Gasteiger partial charge is 0.335 e. The summed E-state index contributed by atoms with van der Waals surface area (Å²) in [5.41, 5.74) is 10.9. The molecule has 7 heteroatoms. The van der Waals surface area contributed by atoms with E-state index in [2.05, 4.69) is 28.4 Å². The second kappa shape index (κ2) is 9.82. The maximum atomic E-state index is 13.4. The molecule has 5 rings (SSSR count). The van der Waals surface area contributed by atoms with Crippen molar-refractivity contribution >= 4 is 17.8 Å². The summed E-state index contributed by atoms with van der Waals surface area (Å²) in [6.07, 6.45) is 3.49. The Morgan fingerprint density at radius 1 is 1.03 bits per heavy atom. The van der Waals surface area contributed by atoms with Gasteiger partial charge in [-0.05, 0) is 97.3 Å². The Balaban J connectivity index is 1.28. The number of nitrogens with one attached hydrogen (secondary N) is 1. The summed E-state index contributed by atoms with van der Waals surface area (Å²) in [5.74, 6) is -1.36. The molecule has 0 spiro atoms. The van der Waals surface area contributed by atoms with Crippen LogP contribution in [0.2, 0.25) is 0 Å². The lowest BCUT2D eigenvalue weighted by Gasteiger charge is -2.27. The molecule has 1 saturated heterocycles. The number of nitrogens with two attached hydrogens (primary N) is 1. The Bertz CT molecular complexity index is 1360. The van der Waals surface area contributed by atoms with Gasteiger partial charge in [0.2, 0.25) is 11.8 Å². The number of carboxylic acids is 1. The van der Waals surface area contributed by atoms with Crippen LogP contribution < -0.4 is 11.1 Å². The van der Waals surface area contributed by atoms with Crippen molar-refractivity contribution in [3.63, 3.8) is 0 Å². The van der Waals surface area contributed by atoms with Crippen LogP contribution in [-0.2, 0) is 16.9 Å². The van der Waals surface area contributed by atoms with Crippen LogP contribution >= 0.6 is 0 Å². The molecule has 2 fully saturated rings. The summed E-state index contributed by atoms with van der Waals surface area (Å²) in [7, 11) is 0. The van der Waals surface area contributed by atoms with E-state index in [0.717, 1.165) is 60.0 Å². The van der Waals surface area contributed by atoms with Crippen LogP contribution in [0.25, 0.3) is 11.1 Å². The van der Waals surface area contributed by atoms with Crippen molar-refractivity contribution < 1.29 is 19.5 Å². The van der Waals surface area contributed by atoms with Gasteiger partial charge in [0.25, 0.3) is 0 Å². The number of carbonyl (C=O) groups excluding carboxylic acids is 2. The van der Waals surface area contributed by atoms with Gasteiger partial charge >= 0.3 is 5.97 Å². The number of hydrogen-bond acceptors (Lipinski definition) is 4. The van der Waals surface area contributed by atoms with Gasteiger partial charge in [0, 0.05) is 12.1 Å². The van der Waals surface area contributed by atoms with E-state index in [4.69, 9.17) is 10.8 Å². The quantitative estimate of drug-likeness (QED) is 0.431. The molecule has 4 N–H and O–H groups in total. The highest BCUT2D eigenvalue weighted by Gasteiger charge is 2.47. The lowest BCUT2D eigenvalue weighted by Crippen LogP contribution is -2.46. The van der Waals surface area contributed by atoms with Gasteiger partial charge in [-0.25, -0.2) is 4.79 Å². The Hall–Kier alpha value is -3.97. The number of likely N-dealkylation sites (tertiary alicyclic amines) is 1. The molecule has 37 heavy (non-hydrogen) atoms. The van der Waals surface area contributed by atoms with E-state index in [1.54, 1.807) is 18.2 Å². The van der Waals surface area contributed by atoms with Gasteiger partial charge in [-0.1, -0.05) is 36.4 Å². The minimum atomic E-state index is -0.955. The molecule has 2 aliphatic rings. The lowest BCUT2D eigenvalue weighted by atomic mass is 9.96. The van der Waals surface area contributed by atoms with Crippen LogP contribution in [0.5, 0.6) is 0 Å². The second-order valence-corrected chi connectivity index (χ2v) is 10.2. The van der Waals surface area contributed by atoms with E-state index in [0.29, 0.717) is 12.1 Å². The Labute approximate surface area is 216 Å². The van der Waals surface area contributed by atoms with E-state index in [-0.39, 0.29) is 17.5 Å². The van der Waals surface area contributed by atoms with E-state index >= 15 is 0 Å². The van der Waals surface area contributed by atoms with E-state index in [1.165, 1.54) is 0 Å². The van der Waals surface area contributed by atoms with Gasteiger partial charge < -0.3 is 16.2 Å². The number of nitrogens with zero attached hydrogens (tertiary/aromatic N) is 1. The molecule has 1 aliphatic carbocycles. The molecule has 0 radical (unpaired) electrons. The number of hydrogen-bond donors (Lipinski definition) is 3. The SMILES string of the molecule is Cc1cc(C(N)=O)ccc1-c1cccc(CN2CCC[C@@H]2C(=O)NC2(c3ccc(C(=O)O)cc3)CC2)c1. The zero-order valence-corrected chi connectivity index (χ0v) is 20.9. The predicted octanol–water partition coefficient (Wildman–Crippen LogP) is 4.23. The van der Waals surface area contributed by atoms with Crippen LogP contribution in [0, 0.1) is 6.92 Å². The third-order valence-corrected chi connectivity index (χ3v) is 7.60. The average molecular weight is 498 g/mol. The van der Waals surface area contributed by atoms with Gasteiger partial charge in [-0.3, -0.25) is 14.5 Å². The highest BCUT2D eigenvalue weighted by atomic mass is 16.4. The maximum absolute atomic E-state index is 13.4. The number of aryl methyl sites for hydroxylation is 1. The van der Waals surface area contributed by atoms with Gasteiger partial charge in [-0.2, -0.15) is 0 Å². The van der Waals surface area contributed by atoms with E-state index in [1.807, 2.05) is 37.3 Å². The predicted molar refractivity (Wildman–Crippen MR) is 141 cm³/mol. The molecule has 3 aromatic carbocycles. The van der Waals surface area contributed by atoms with Crippen molar-refractivity contribution in [1.29, 1.82) is 0 Å². The first-order valence-electron chi connectivity index (χ1n) is 12.7. The van der Waals surface area contributed by atoms with Crippen molar-refractivity contribution in [3.8, 4) is 11.1 Å². The Morgan fingerprint density at radius 3 is 2.41 bits per heavy atom. The maximum Gasteiger partial charge on any atom is 0.335 e. The molecular formula is C30H31N3O4. The number of amides is 2. The third-order valence-electron chi connectivity index (χ3n) is 7.60. The summed E-state index contributed by atoms with van der Waals surface area (Å²) < 4.78 is 0. The molecule has 190 valence electrons. The minimum Gasteiger partial charge on any atom is -0.478 e. The second-order valence-electron chi connectivity index (χ2n) is 10.2. The lowest BCUT2D eigenvalue weighted by molar-refractivity contribution is -0.126. The molecule has 1 atom stereocenters. The molecule has 2 amide bonds. The summed E-state index contributed by atoms with van der Waals surface area (Å²) >= 11 is 0. The molecule has 1 heterocycles. The summed E-state index contributed by atoms with van der Waals surface area (Å²) in [6, 6.07) is 20.4. The van der Waals surface area contributed by atoms with Crippen molar-refractivity contribution in [2.24, 2.45) is 5.73 Å². The molecule has 0 aromatic heterocycles. The highest BCUT2D eigenvalue weighted by molar-refractivity contribution is 5.93. The molecule has 3 aromatic rings. The average Bonchev–Trinajstić information content (AvgIpc) is 3.51. The van der Waals surface area contributed by atoms with Crippen LogP contribution in [0.3, 0.4) is 0 Å². The van der Waals surface area contributed by atoms with Crippen molar-refractivity contribution in [3.05, 3.63) is 94.5 Å². The number of rotatable bonds is 8. The fourth-order valence-electron chi connectivity index (χ4n) is 5.39. The van der Waals surface area contributed by atoms with Gasteiger partial charge in [-0.15, -0.1) is 0 Å². The largest absolute Gasteiger partial charge is 0.478 e. The molecule has 7 nitrogen and oxygen atoms in total. The van der Waals surface area contributed by atoms with Crippen molar-refractivity contribution in [1.82, 2.24) is 10.2 Å². The van der Waals surface area contributed by atoms with Crippen LogP contribution in [0.15, 0.2) is 66.7 Å². The monoisotopic (exact) mass is 497 g/mol. The number of benzene rings is 3. The standard InChI is InChI=1S/C30H31N3O4/c1-19-16-23(27(31)34)9-12-25(19)22-5-2-4-20(17-22)18-33-15-3-6-26(33)28(35)32-30(13-14-30)24-10-7-21(8-11-24)29(36)37/h2,4-5,7-12,16-17,26H,3,6,13-15,18H2,1H3,(H2,31,34)(H,32,35)(H,36,37)/t26-/m1/s1. The number of carbonyl (C=O) groups is 3. The topological polar surface area (TPSA) is 113 Å². The van der Waals surface area contributed by atoms with Crippen molar-refractivity contribution in [2.45, 2.75) is 50.7 Å². The molecular weight excluding hydrogens is 466 g/mol. The van der Waals surface area contributed by atoms with Gasteiger partial charge in [0.1, 0.15) is 0 Å². The summed E-state index contributed by atoms with van der Waals surface area (Å²) in [4.78, 5) is 38.3. The van der Waals surface area contributed by atoms with Gasteiger partial charge in [0.15, 0.2) is 0 Å². The molecule has 0 unspecified atom stereocenters. The Kier molecular flexibility index (Phi) is 6.56. The highest BCUT2D eigenvalue weighted by Crippen LogP contribution is 2.46. The number of carboxylic acid groups (broad SMARTS) is 1. The first kappa shape index (κ1) is 24.7. The summed E-state index contributed by atoms with van der Waals surface area (Å²) in [5, 5.41) is 12.5. The zero-order valence-electron chi connectivity index (χ0n) is 20.9. The fraction of sp³-hybridized carbons (Fsp3) is 0.300. The number of primary amides is 1. The number of aromatic carboxylic acids is 1. The molecule has 0 bridgehead atoms. The van der Waals surface area contributed by atoms with Gasteiger partial charge in [0.05, 0.1) is 17.1 Å². The van der Waals surface area contributed by atoms with E-state index < -0.39 is 17.4 Å². The summed E-state index contributed by atoms with van der Waals surface area (Å²) in [6.45, 7) is 3.50. The van der Waals surface area contributed by atoms with Crippen LogP contribution in [0.1, 0.15) is 63.1 Å². The Morgan fingerprint density at radius 2 is 1.76 bits per heavy atom. The normalized spacial score (nSPS) is 18.4. The third kappa shape index (κ3) is 5.13. The first-order chi connectivity index (χ1) is 17.8. The van der Waals surface area contributed by atoms with Crippen LogP contribution in [0.4, 0.5) is 0 Å². The molecule has 1 aliphatic heterocycles. The fourth-order valence-corrected chi connectivity index (χ4v) is 5.39. The van der Waals surface area contributed by atoms with Crippen molar-refractivity contribution in [2.75, 3.05) is 6.54 Å². The minimum absolute atomic E-state index is 0.0337.